The van der Waals surface area contributed by atoms with Gasteiger partial charge in [0, 0.05) is 12.6 Å². The molecule has 0 aromatic carbocycles. The molecule has 0 saturated carbocycles. The molecule has 0 saturated heterocycles. The van der Waals surface area contributed by atoms with Crippen molar-refractivity contribution < 1.29 is 0 Å². The summed E-state index contributed by atoms with van der Waals surface area (Å²) in [5, 5.41) is 0. The zero-order chi connectivity index (χ0) is 11.2. The van der Waals surface area contributed by atoms with Gasteiger partial charge in [-0.3, -0.25) is 4.99 Å². The van der Waals surface area contributed by atoms with Crippen LogP contribution in [0.1, 0.15) is 13.3 Å². The first-order chi connectivity index (χ1) is 7.41. The van der Waals surface area contributed by atoms with E-state index in [0.717, 1.165) is 13.0 Å². The normalized spacial score (nSPS) is 13.1. The van der Waals surface area contributed by atoms with E-state index in [1.54, 1.807) is 6.08 Å². The van der Waals surface area contributed by atoms with E-state index in [1.807, 2.05) is 55.7 Å². The van der Waals surface area contributed by atoms with Crippen LogP contribution in [0.4, 0.5) is 0 Å². The minimum atomic E-state index is 0.735. The summed E-state index contributed by atoms with van der Waals surface area (Å²) < 4.78 is 0. The fourth-order valence-electron chi connectivity index (χ4n) is 0.821. The first-order valence-corrected chi connectivity index (χ1v) is 5.12. The highest BCUT2D eigenvalue weighted by Crippen LogP contribution is 1.83. The fraction of sp³-hybridized carbons (Fsp3) is 0.214. The van der Waals surface area contributed by atoms with E-state index < -0.39 is 0 Å². The van der Waals surface area contributed by atoms with Gasteiger partial charge in [0.05, 0.1) is 6.54 Å². The highest BCUT2D eigenvalue weighted by Gasteiger charge is 1.71. The molecule has 80 valence electrons. The highest BCUT2D eigenvalue weighted by molar-refractivity contribution is 5.59. The molecule has 0 unspecified atom stereocenters. The average Bonchev–Trinajstić information content (AvgIpc) is 2.26. The lowest BCUT2D eigenvalue weighted by molar-refractivity contribution is 1.24. The Morgan fingerprint density at radius 3 is 2.53 bits per heavy atom. The third kappa shape index (κ3) is 12.4. The van der Waals surface area contributed by atoms with E-state index >= 15 is 0 Å². The average molecular weight is 201 g/mol. The van der Waals surface area contributed by atoms with Crippen LogP contribution in [0.15, 0.2) is 66.3 Å². The number of aliphatic imine (C=N–C) groups is 1. The third-order valence-electron chi connectivity index (χ3n) is 1.52. The molecule has 0 aliphatic heterocycles. The van der Waals surface area contributed by atoms with Crippen LogP contribution in [-0.2, 0) is 0 Å². The van der Waals surface area contributed by atoms with Gasteiger partial charge in [-0.2, -0.15) is 0 Å². The Balaban J connectivity index is 3.50. The number of allylic oxidation sites excluding steroid dienone is 8. The molecule has 0 aromatic heterocycles. The number of hydrogen-bond donors (Lipinski definition) is 0. The Morgan fingerprint density at radius 1 is 1.00 bits per heavy atom. The summed E-state index contributed by atoms with van der Waals surface area (Å²) in [5.41, 5.74) is 0. The van der Waals surface area contributed by atoms with Crippen molar-refractivity contribution >= 4 is 6.21 Å². The van der Waals surface area contributed by atoms with Crippen molar-refractivity contribution in [2.24, 2.45) is 4.99 Å². The molecule has 1 nitrogen and oxygen atoms in total. The van der Waals surface area contributed by atoms with E-state index in [1.165, 1.54) is 0 Å². The summed E-state index contributed by atoms with van der Waals surface area (Å²) in [6, 6.07) is 0. The van der Waals surface area contributed by atoms with E-state index in [-0.39, 0.29) is 0 Å². The van der Waals surface area contributed by atoms with Crippen LogP contribution in [0.2, 0.25) is 0 Å². The molecule has 0 N–H and O–H groups in total. The summed E-state index contributed by atoms with van der Waals surface area (Å²) in [6.07, 6.45) is 20.5. The van der Waals surface area contributed by atoms with Crippen LogP contribution in [0.3, 0.4) is 0 Å². The van der Waals surface area contributed by atoms with Crippen molar-refractivity contribution in [2.45, 2.75) is 13.3 Å². The molecule has 0 radical (unpaired) electrons. The Morgan fingerprint density at radius 2 is 1.80 bits per heavy atom. The fourth-order valence-corrected chi connectivity index (χ4v) is 0.821. The molecule has 0 spiro atoms. The predicted molar refractivity (Wildman–Crippen MR) is 70.4 cm³/mol. The minimum Gasteiger partial charge on any atom is -0.293 e. The first kappa shape index (κ1) is 13.4. The molecular formula is C14H19N. The first-order valence-electron chi connectivity index (χ1n) is 5.12. The van der Waals surface area contributed by atoms with Gasteiger partial charge in [0.15, 0.2) is 0 Å². The standard InChI is InChI=1S/C14H19N/c1-3-5-7-9-11-13-15-14-12-10-8-6-4-2/h3-11,14H,1,12-13H2,2H3/b6-4-,7-5-,10-8-,11-9+,15-14?. The van der Waals surface area contributed by atoms with Crippen molar-refractivity contribution in [3.05, 3.63) is 61.3 Å². The van der Waals surface area contributed by atoms with E-state index in [9.17, 15) is 0 Å². The Bertz CT molecular complexity index is 278. The van der Waals surface area contributed by atoms with E-state index in [2.05, 4.69) is 17.6 Å². The summed E-state index contributed by atoms with van der Waals surface area (Å²) >= 11 is 0. The van der Waals surface area contributed by atoms with Crippen LogP contribution >= 0.6 is 0 Å². The molecule has 0 heterocycles. The summed E-state index contributed by atoms with van der Waals surface area (Å²) in [4.78, 5) is 4.22. The van der Waals surface area contributed by atoms with Crippen molar-refractivity contribution in [3.8, 4) is 0 Å². The second kappa shape index (κ2) is 12.4. The molecule has 15 heavy (non-hydrogen) atoms. The van der Waals surface area contributed by atoms with Crippen molar-refractivity contribution in [2.75, 3.05) is 6.54 Å². The highest BCUT2D eigenvalue weighted by atomic mass is 14.7. The quantitative estimate of drug-likeness (QED) is 0.438. The molecular weight excluding hydrogens is 182 g/mol. The Labute approximate surface area is 92.9 Å². The van der Waals surface area contributed by atoms with Crippen molar-refractivity contribution in [1.82, 2.24) is 0 Å². The van der Waals surface area contributed by atoms with Gasteiger partial charge in [-0.05, 0) is 6.92 Å². The van der Waals surface area contributed by atoms with Gasteiger partial charge < -0.3 is 0 Å². The van der Waals surface area contributed by atoms with Gasteiger partial charge >= 0.3 is 0 Å². The third-order valence-corrected chi connectivity index (χ3v) is 1.52. The van der Waals surface area contributed by atoms with Crippen molar-refractivity contribution in [3.63, 3.8) is 0 Å². The van der Waals surface area contributed by atoms with Crippen LogP contribution in [-0.4, -0.2) is 12.8 Å². The zero-order valence-corrected chi connectivity index (χ0v) is 9.34. The minimum absolute atomic E-state index is 0.735. The SMILES string of the molecule is C=C/C=C\C=C\CN=CC/C=C\C=C/C. The van der Waals surface area contributed by atoms with Gasteiger partial charge in [-0.15, -0.1) is 0 Å². The number of rotatable bonds is 7. The molecule has 0 aliphatic rings. The molecule has 0 aromatic rings. The van der Waals surface area contributed by atoms with Crippen molar-refractivity contribution in [1.29, 1.82) is 0 Å². The monoisotopic (exact) mass is 201 g/mol. The maximum absolute atomic E-state index is 4.22. The molecule has 0 amide bonds. The van der Waals surface area contributed by atoms with Crippen LogP contribution in [0.25, 0.3) is 0 Å². The molecule has 0 aliphatic carbocycles. The maximum Gasteiger partial charge on any atom is 0.0569 e. The second-order valence-corrected chi connectivity index (χ2v) is 2.79. The lowest BCUT2D eigenvalue weighted by Gasteiger charge is -1.82. The number of hydrogen-bond acceptors (Lipinski definition) is 1. The molecule has 1 heteroatoms. The topological polar surface area (TPSA) is 12.4 Å². The zero-order valence-electron chi connectivity index (χ0n) is 9.34. The lowest BCUT2D eigenvalue weighted by Crippen LogP contribution is -1.74. The van der Waals surface area contributed by atoms with E-state index in [0.29, 0.717) is 0 Å². The van der Waals surface area contributed by atoms with Gasteiger partial charge in [-0.25, -0.2) is 0 Å². The molecule has 0 bridgehead atoms. The summed E-state index contributed by atoms with van der Waals surface area (Å²) in [5.74, 6) is 0. The second-order valence-electron chi connectivity index (χ2n) is 2.79. The smallest absolute Gasteiger partial charge is 0.0569 e. The number of nitrogens with zero attached hydrogens (tertiary/aromatic N) is 1. The van der Waals surface area contributed by atoms with Crippen LogP contribution in [0.5, 0.6) is 0 Å². The Kier molecular flexibility index (Phi) is 11.0. The van der Waals surface area contributed by atoms with Gasteiger partial charge in [-0.1, -0.05) is 61.3 Å². The summed E-state index contributed by atoms with van der Waals surface area (Å²) in [6.45, 7) is 6.32. The van der Waals surface area contributed by atoms with Gasteiger partial charge in [0.2, 0.25) is 0 Å². The maximum atomic E-state index is 4.22. The predicted octanol–water partition coefficient (Wildman–Crippen LogP) is 3.88. The summed E-state index contributed by atoms with van der Waals surface area (Å²) in [7, 11) is 0. The van der Waals surface area contributed by atoms with Crippen LogP contribution < -0.4 is 0 Å². The molecule has 0 rings (SSSR count). The van der Waals surface area contributed by atoms with Gasteiger partial charge in [0.1, 0.15) is 0 Å². The Hall–Kier alpha value is -1.63. The molecule has 0 fully saturated rings. The van der Waals surface area contributed by atoms with E-state index in [4.69, 9.17) is 0 Å². The van der Waals surface area contributed by atoms with Gasteiger partial charge in [0.25, 0.3) is 0 Å². The lowest BCUT2D eigenvalue weighted by atomic mass is 10.4. The molecule has 0 atom stereocenters. The largest absolute Gasteiger partial charge is 0.293 e. The van der Waals surface area contributed by atoms with Crippen LogP contribution in [0, 0.1) is 0 Å².